The number of amides is 2. The van der Waals surface area contributed by atoms with Crippen LogP contribution in [0.3, 0.4) is 0 Å². The van der Waals surface area contributed by atoms with Gasteiger partial charge in [-0.25, -0.2) is 4.39 Å². The van der Waals surface area contributed by atoms with E-state index >= 15 is 0 Å². The van der Waals surface area contributed by atoms with E-state index in [0.717, 1.165) is 17.2 Å². The highest BCUT2D eigenvalue weighted by Gasteiger charge is 2.35. The van der Waals surface area contributed by atoms with E-state index in [0.29, 0.717) is 29.8 Å². The molecule has 172 valence electrons. The summed E-state index contributed by atoms with van der Waals surface area (Å²) in [6, 6.07) is 20.3. The van der Waals surface area contributed by atoms with Crippen LogP contribution in [0.4, 0.5) is 4.39 Å². The van der Waals surface area contributed by atoms with Crippen molar-refractivity contribution in [1.82, 2.24) is 10.2 Å². The first-order valence-corrected chi connectivity index (χ1v) is 10.7. The van der Waals surface area contributed by atoms with Gasteiger partial charge in [0.05, 0.1) is 11.6 Å². The zero-order valence-corrected chi connectivity index (χ0v) is 18.1. The molecule has 0 radical (unpaired) electrons. The van der Waals surface area contributed by atoms with Crippen molar-refractivity contribution in [3.05, 3.63) is 94.8 Å². The van der Waals surface area contributed by atoms with Crippen molar-refractivity contribution in [1.29, 1.82) is 5.26 Å². The summed E-state index contributed by atoms with van der Waals surface area (Å²) in [5.41, 5.74) is 4.13. The average molecular weight is 459 g/mol. The predicted octanol–water partition coefficient (Wildman–Crippen LogP) is 2.24. The second kappa shape index (κ2) is 9.83. The van der Waals surface area contributed by atoms with E-state index < -0.39 is 29.8 Å². The van der Waals surface area contributed by atoms with Crippen molar-refractivity contribution in [3.8, 4) is 17.2 Å². The molecule has 0 saturated carbocycles. The lowest BCUT2D eigenvalue weighted by Gasteiger charge is -2.22. The number of halogens is 1. The summed E-state index contributed by atoms with van der Waals surface area (Å²) in [5, 5.41) is 32.2. The maximum Gasteiger partial charge on any atom is 0.255 e. The first-order chi connectivity index (χ1) is 16.4. The number of aliphatic hydroxyl groups is 2. The van der Waals surface area contributed by atoms with E-state index in [1.807, 2.05) is 30.3 Å². The van der Waals surface area contributed by atoms with Crippen LogP contribution in [0.2, 0.25) is 0 Å². The van der Waals surface area contributed by atoms with Crippen molar-refractivity contribution in [2.75, 3.05) is 0 Å². The summed E-state index contributed by atoms with van der Waals surface area (Å²) in [4.78, 5) is 26.3. The van der Waals surface area contributed by atoms with Crippen LogP contribution in [0.5, 0.6) is 0 Å². The fraction of sp³-hybridized carbons (Fsp3) is 0.192. The monoisotopic (exact) mass is 459 g/mol. The van der Waals surface area contributed by atoms with Gasteiger partial charge >= 0.3 is 0 Å². The van der Waals surface area contributed by atoms with E-state index in [4.69, 9.17) is 0 Å². The molecule has 1 heterocycles. The van der Waals surface area contributed by atoms with Gasteiger partial charge < -0.3 is 20.4 Å². The quantitative estimate of drug-likeness (QED) is 0.523. The van der Waals surface area contributed by atoms with Crippen LogP contribution in [-0.4, -0.2) is 39.1 Å². The van der Waals surface area contributed by atoms with Crippen molar-refractivity contribution >= 4 is 11.8 Å². The van der Waals surface area contributed by atoms with Gasteiger partial charge in [0.25, 0.3) is 11.8 Å². The molecule has 0 unspecified atom stereocenters. The Bertz CT molecular complexity index is 1240. The van der Waals surface area contributed by atoms with E-state index in [1.165, 1.54) is 17.0 Å². The first kappa shape index (κ1) is 23.1. The van der Waals surface area contributed by atoms with E-state index in [9.17, 15) is 29.5 Å². The van der Waals surface area contributed by atoms with Crippen LogP contribution in [0.1, 0.15) is 22.3 Å². The molecule has 7 nitrogen and oxygen atoms in total. The van der Waals surface area contributed by atoms with Crippen molar-refractivity contribution < 1.29 is 24.2 Å². The third kappa shape index (κ3) is 4.81. The van der Waals surface area contributed by atoms with Crippen molar-refractivity contribution in [2.24, 2.45) is 0 Å². The van der Waals surface area contributed by atoms with Gasteiger partial charge in [0.2, 0.25) is 0 Å². The van der Waals surface area contributed by atoms with Crippen LogP contribution in [0.15, 0.2) is 66.7 Å². The topological polar surface area (TPSA) is 114 Å². The SMILES string of the molecule is N#Cc1cc(F)ccc1-c1ccc(CNC(=O)[C@H](O)[C@@H](O)C(=O)N2Cc3ccccc3C2)cc1. The molecule has 2 amide bonds. The van der Waals surface area contributed by atoms with Crippen LogP contribution in [0, 0.1) is 17.1 Å². The highest BCUT2D eigenvalue weighted by atomic mass is 19.1. The van der Waals surface area contributed by atoms with Crippen molar-refractivity contribution in [2.45, 2.75) is 31.8 Å². The molecule has 1 aliphatic heterocycles. The number of carbonyl (C=O) groups is 2. The van der Waals surface area contributed by atoms with Crippen molar-refractivity contribution in [3.63, 3.8) is 0 Å². The number of hydrogen-bond acceptors (Lipinski definition) is 5. The largest absolute Gasteiger partial charge is 0.380 e. The minimum atomic E-state index is -1.91. The number of nitriles is 1. The summed E-state index contributed by atoms with van der Waals surface area (Å²) >= 11 is 0. The minimum absolute atomic E-state index is 0.0563. The van der Waals surface area contributed by atoms with Gasteiger partial charge in [-0.3, -0.25) is 9.59 Å². The molecule has 4 rings (SSSR count). The van der Waals surface area contributed by atoms with Crippen LogP contribution in [-0.2, 0) is 29.2 Å². The number of benzene rings is 3. The molecule has 0 aromatic heterocycles. The maximum atomic E-state index is 13.4. The number of nitrogens with one attached hydrogen (secondary N) is 1. The molecule has 3 N–H and O–H groups in total. The standard InChI is InChI=1S/C26H22FN3O4/c27-21-9-10-22(20(11-21)12-28)17-7-5-16(6-8-17)13-29-25(33)23(31)24(32)26(34)30-14-18-3-1-2-4-19(18)15-30/h1-11,23-24,31-32H,13-15H2,(H,29,33)/t23-,24-/m1/s1. The molecule has 0 aliphatic carbocycles. The Labute approximate surface area is 195 Å². The zero-order chi connectivity index (χ0) is 24.2. The molecule has 0 spiro atoms. The van der Waals surface area contributed by atoms with Gasteiger partial charge in [0.15, 0.2) is 12.2 Å². The molecule has 1 aliphatic rings. The molecule has 3 aromatic carbocycles. The molecule has 0 fully saturated rings. The van der Waals surface area contributed by atoms with Crippen LogP contribution >= 0.6 is 0 Å². The zero-order valence-electron chi connectivity index (χ0n) is 18.1. The van der Waals surface area contributed by atoms with Crippen LogP contribution < -0.4 is 5.32 Å². The Balaban J connectivity index is 1.33. The second-order valence-corrected chi connectivity index (χ2v) is 8.07. The Morgan fingerprint density at radius 1 is 1.00 bits per heavy atom. The molecule has 0 bridgehead atoms. The lowest BCUT2D eigenvalue weighted by Crippen LogP contribution is -2.49. The maximum absolute atomic E-state index is 13.4. The molecule has 0 saturated heterocycles. The Morgan fingerprint density at radius 3 is 2.26 bits per heavy atom. The number of rotatable bonds is 6. The molecule has 8 heteroatoms. The average Bonchev–Trinajstić information content (AvgIpc) is 3.30. The van der Waals surface area contributed by atoms with Gasteiger partial charge in [-0.05, 0) is 39.9 Å². The lowest BCUT2D eigenvalue weighted by molar-refractivity contribution is -0.153. The highest BCUT2D eigenvalue weighted by Crippen LogP contribution is 2.25. The van der Waals surface area contributed by atoms with Gasteiger partial charge in [0, 0.05) is 19.6 Å². The minimum Gasteiger partial charge on any atom is -0.380 e. The normalized spacial score (nSPS) is 14.1. The Morgan fingerprint density at radius 2 is 1.65 bits per heavy atom. The molecular formula is C26H22FN3O4. The summed E-state index contributed by atoms with van der Waals surface area (Å²) in [5.74, 6) is -2.07. The van der Waals surface area contributed by atoms with Gasteiger partial charge in [0.1, 0.15) is 5.82 Å². The van der Waals surface area contributed by atoms with Gasteiger partial charge in [-0.2, -0.15) is 5.26 Å². The fourth-order valence-corrected chi connectivity index (χ4v) is 3.91. The summed E-state index contributed by atoms with van der Waals surface area (Å²) in [6.45, 7) is 0.684. The van der Waals surface area contributed by atoms with E-state index in [1.54, 1.807) is 24.3 Å². The number of nitrogens with zero attached hydrogens (tertiary/aromatic N) is 2. The lowest BCUT2D eigenvalue weighted by atomic mass is 9.99. The summed E-state index contributed by atoms with van der Waals surface area (Å²) in [6.07, 6.45) is -3.78. The Hall–Kier alpha value is -4.06. The fourth-order valence-electron chi connectivity index (χ4n) is 3.91. The number of fused-ring (bicyclic) bond motifs is 1. The molecule has 2 atom stereocenters. The Kier molecular flexibility index (Phi) is 6.68. The molecule has 34 heavy (non-hydrogen) atoms. The van der Waals surface area contributed by atoms with E-state index in [2.05, 4.69) is 5.32 Å². The number of aliphatic hydroxyl groups excluding tert-OH is 2. The number of carbonyl (C=O) groups excluding carboxylic acids is 2. The highest BCUT2D eigenvalue weighted by molar-refractivity contribution is 5.91. The van der Waals surface area contributed by atoms with Gasteiger partial charge in [-0.15, -0.1) is 0 Å². The predicted molar refractivity (Wildman–Crippen MR) is 121 cm³/mol. The summed E-state index contributed by atoms with van der Waals surface area (Å²) in [7, 11) is 0. The van der Waals surface area contributed by atoms with Crippen LogP contribution in [0.25, 0.3) is 11.1 Å². The van der Waals surface area contributed by atoms with Gasteiger partial charge in [-0.1, -0.05) is 54.6 Å². The third-order valence-corrected chi connectivity index (χ3v) is 5.81. The smallest absolute Gasteiger partial charge is 0.255 e. The summed E-state index contributed by atoms with van der Waals surface area (Å²) < 4.78 is 13.4. The molecular weight excluding hydrogens is 437 g/mol. The number of hydrogen-bond donors (Lipinski definition) is 3. The second-order valence-electron chi connectivity index (χ2n) is 8.07. The van der Waals surface area contributed by atoms with E-state index in [-0.39, 0.29) is 12.1 Å². The first-order valence-electron chi connectivity index (χ1n) is 10.7. The molecule has 3 aromatic rings. The third-order valence-electron chi connectivity index (χ3n) is 5.81.